The number of nitrogens with zero attached hydrogens (tertiary/aromatic N) is 2. The normalized spacial score (nSPS) is 17.4. The number of hydrogen-bond acceptors (Lipinski definition) is 5. The maximum Gasteiger partial charge on any atom is 0.310 e. The van der Waals surface area contributed by atoms with Crippen LogP contribution in [-0.4, -0.2) is 40.3 Å². The van der Waals surface area contributed by atoms with Crippen molar-refractivity contribution in [1.82, 2.24) is 9.97 Å². The van der Waals surface area contributed by atoms with Gasteiger partial charge in [0, 0.05) is 18.8 Å². The van der Waals surface area contributed by atoms with Crippen LogP contribution in [0.15, 0.2) is 47.6 Å². The Morgan fingerprint density at radius 1 is 1.29 bits per heavy atom. The van der Waals surface area contributed by atoms with E-state index in [1.54, 1.807) is 0 Å². The number of hydrogen-bond donors (Lipinski definition) is 1. The van der Waals surface area contributed by atoms with E-state index in [9.17, 15) is 9.00 Å². The quantitative estimate of drug-likeness (QED) is 0.670. The van der Waals surface area contributed by atoms with Gasteiger partial charge in [-0.05, 0) is 36.6 Å². The highest BCUT2D eigenvalue weighted by Crippen LogP contribution is 2.34. The molecule has 0 radical (unpaired) electrons. The molecule has 3 aromatic rings. The van der Waals surface area contributed by atoms with Crippen molar-refractivity contribution >= 4 is 33.5 Å². The fourth-order valence-electron chi connectivity index (χ4n) is 3.88. The molecular formula is C21H23N3O3S. The average Bonchev–Trinajstić information content (AvgIpc) is 3.17. The Kier molecular flexibility index (Phi) is 5.17. The van der Waals surface area contributed by atoms with Crippen LogP contribution in [0.25, 0.3) is 11.0 Å². The lowest BCUT2D eigenvalue weighted by Crippen LogP contribution is -2.40. The van der Waals surface area contributed by atoms with E-state index in [0.29, 0.717) is 23.9 Å². The zero-order valence-corrected chi connectivity index (χ0v) is 16.8. The monoisotopic (exact) mass is 397 g/mol. The number of fused-ring (bicyclic) bond motifs is 2. The summed E-state index contributed by atoms with van der Waals surface area (Å²) in [4.78, 5) is 21.9. The Hall–Kier alpha value is -2.67. The standard InChI is InChI=1S/C21H23N3O3S/c1-3-24-12-16(20(25)27-2)11-14-7-6-8-15(19(14)24)13-28(26)21-22-17-9-4-5-10-18(17)23-21/h4-10,16H,3,11-13H2,1-2H3,(H,22,23). The fraction of sp³-hybridized carbons (Fsp3) is 0.333. The van der Waals surface area contributed by atoms with Crippen molar-refractivity contribution in [3.63, 3.8) is 0 Å². The van der Waals surface area contributed by atoms with Crippen molar-refractivity contribution in [2.45, 2.75) is 24.3 Å². The number of imidazole rings is 1. The molecule has 0 saturated heterocycles. The summed E-state index contributed by atoms with van der Waals surface area (Å²) in [6.07, 6.45) is 0.642. The molecule has 0 amide bonds. The molecule has 2 aromatic carbocycles. The van der Waals surface area contributed by atoms with Gasteiger partial charge >= 0.3 is 5.97 Å². The molecule has 4 rings (SSSR count). The molecule has 1 aliphatic heterocycles. The van der Waals surface area contributed by atoms with Crippen molar-refractivity contribution in [1.29, 1.82) is 0 Å². The maximum absolute atomic E-state index is 13.0. The third kappa shape index (κ3) is 3.42. The lowest BCUT2D eigenvalue weighted by Gasteiger charge is -2.35. The van der Waals surface area contributed by atoms with Crippen molar-refractivity contribution in [3.05, 3.63) is 53.6 Å². The highest BCUT2D eigenvalue weighted by atomic mass is 32.2. The SMILES string of the molecule is CCN1CC(C(=O)OC)Cc2cccc(CS(=O)c3nc4ccccc4[nH]3)c21. The molecule has 0 spiro atoms. The first-order valence-electron chi connectivity index (χ1n) is 9.37. The van der Waals surface area contributed by atoms with Gasteiger partial charge < -0.3 is 14.6 Å². The third-order valence-electron chi connectivity index (χ3n) is 5.21. The van der Waals surface area contributed by atoms with Crippen LogP contribution in [0.3, 0.4) is 0 Å². The lowest BCUT2D eigenvalue weighted by molar-refractivity contribution is -0.145. The summed E-state index contributed by atoms with van der Waals surface area (Å²) in [7, 11) is 0.145. The summed E-state index contributed by atoms with van der Waals surface area (Å²) in [6.45, 7) is 3.45. The molecule has 1 aliphatic rings. The lowest BCUT2D eigenvalue weighted by atomic mass is 9.90. The largest absolute Gasteiger partial charge is 0.469 e. The van der Waals surface area contributed by atoms with Crippen LogP contribution in [0.5, 0.6) is 0 Å². The van der Waals surface area contributed by atoms with Crippen LogP contribution in [-0.2, 0) is 32.5 Å². The van der Waals surface area contributed by atoms with E-state index >= 15 is 0 Å². The zero-order valence-electron chi connectivity index (χ0n) is 16.0. The molecule has 28 heavy (non-hydrogen) atoms. The maximum atomic E-state index is 13.0. The predicted molar refractivity (Wildman–Crippen MR) is 110 cm³/mol. The van der Waals surface area contributed by atoms with Crippen molar-refractivity contribution < 1.29 is 13.7 Å². The van der Waals surface area contributed by atoms with Crippen LogP contribution >= 0.6 is 0 Å². The third-order valence-corrected chi connectivity index (χ3v) is 6.41. The number of nitrogens with one attached hydrogen (secondary N) is 1. The van der Waals surface area contributed by atoms with E-state index in [2.05, 4.69) is 21.8 Å². The van der Waals surface area contributed by atoms with Crippen molar-refractivity contribution in [2.75, 3.05) is 25.1 Å². The topological polar surface area (TPSA) is 75.3 Å². The number of ether oxygens (including phenoxy) is 1. The highest BCUT2D eigenvalue weighted by molar-refractivity contribution is 7.84. The molecule has 2 atom stereocenters. The van der Waals surface area contributed by atoms with Crippen molar-refractivity contribution in [2.24, 2.45) is 5.92 Å². The van der Waals surface area contributed by atoms with E-state index in [1.165, 1.54) is 7.11 Å². The number of benzene rings is 2. The second-order valence-electron chi connectivity index (χ2n) is 6.94. The van der Waals surface area contributed by atoms with Gasteiger partial charge in [0.05, 0.1) is 40.6 Å². The van der Waals surface area contributed by atoms with Crippen LogP contribution in [0.1, 0.15) is 18.1 Å². The van der Waals surface area contributed by atoms with Crippen LogP contribution in [0.4, 0.5) is 5.69 Å². The van der Waals surface area contributed by atoms with E-state index in [4.69, 9.17) is 4.74 Å². The Bertz CT molecular complexity index is 1010. The minimum atomic E-state index is -1.29. The molecule has 2 heterocycles. The molecule has 0 fully saturated rings. The van der Waals surface area contributed by atoms with Crippen molar-refractivity contribution in [3.8, 4) is 0 Å². The number of anilines is 1. The van der Waals surface area contributed by atoms with Crippen LogP contribution in [0, 0.1) is 5.92 Å². The number of esters is 1. The average molecular weight is 398 g/mol. The van der Waals surface area contributed by atoms with E-state index in [-0.39, 0.29) is 11.9 Å². The molecule has 2 unspecified atom stereocenters. The Balaban J connectivity index is 1.64. The smallest absolute Gasteiger partial charge is 0.310 e. The van der Waals surface area contributed by atoms with E-state index in [0.717, 1.165) is 34.4 Å². The highest BCUT2D eigenvalue weighted by Gasteiger charge is 2.31. The van der Waals surface area contributed by atoms with E-state index in [1.807, 2.05) is 42.5 Å². The first-order valence-corrected chi connectivity index (χ1v) is 10.7. The van der Waals surface area contributed by atoms with Gasteiger partial charge in [0.1, 0.15) is 0 Å². The van der Waals surface area contributed by atoms with Gasteiger partial charge in [0.2, 0.25) is 0 Å². The summed E-state index contributed by atoms with van der Waals surface area (Å²) >= 11 is 0. The molecule has 1 N–H and O–H groups in total. The number of carbonyl (C=O) groups excluding carboxylic acids is 1. The van der Waals surface area contributed by atoms with Gasteiger partial charge in [-0.2, -0.15) is 0 Å². The molecular weight excluding hydrogens is 374 g/mol. The fourth-order valence-corrected chi connectivity index (χ4v) is 4.95. The van der Waals surface area contributed by atoms with Gasteiger partial charge in [-0.3, -0.25) is 9.00 Å². The molecule has 0 aliphatic carbocycles. The van der Waals surface area contributed by atoms with Gasteiger partial charge in [0.15, 0.2) is 5.16 Å². The summed E-state index contributed by atoms with van der Waals surface area (Å²) < 4.78 is 18.0. The first kappa shape index (κ1) is 18.7. The number of aromatic nitrogens is 2. The molecule has 0 saturated carbocycles. The molecule has 7 heteroatoms. The summed E-state index contributed by atoms with van der Waals surface area (Å²) in [5, 5.41) is 0.491. The van der Waals surface area contributed by atoms with Gasteiger partial charge in [0.25, 0.3) is 0 Å². The number of carbonyl (C=O) groups is 1. The Morgan fingerprint density at radius 2 is 2.11 bits per heavy atom. The van der Waals surface area contributed by atoms with Gasteiger partial charge in [-0.15, -0.1) is 0 Å². The second-order valence-corrected chi connectivity index (χ2v) is 8.30. The summed E-state index contributed by atoms with van der Waals surface area (Å²) in [5.74, 6) is 0.0245. The Morgan fingerprint density at radius 3 is 2.86 bits per heavy atom. The summed E-state index contributed by atoms with van der Waals surface area (Å²) in [6, 6.07) is 13.7. The molecule has 146 valence electrons. The summed E-state index contributed by atoms with van der Waals surface area (Å²) in [5.41, 5.74) is 4.91. The first-order chi connectivity index (χ1) is 13.6. The zero-order chi connectivity index (χ0) is 19.7. The number of H-pyrrole nitrogens is 1. The predicted octanol–water partition coefficient (Wildman–Crippen LogP) is 3.04. The molecule has 6 nitrogen and oxygen atoms in total. The second kappa shape index (κ2) is 7.75. The van der Waals surface area contributed by atoms with Crippen LogP contribution in [0.2, 0.25) is 0 Å². The Labute approximate surface area is 166 Å². The number of aromatic amines is 1. The molecule has 1 aromatic heterocycles. The van der Waals surface area contributed by atoms with Gasteiger partial charge in [-0.1, -0.05) is 30.3 Å². The van der Waals surface area contributed by atoms with Gasteiger partial charge in [-0.25, -0.2) is 4.98 Å². The number of methoxy groups -OCH3 is 1. The van der Waals surface area contributed by atoms with Crippen LogP contribution < -0.4 is 4.90 Å². The minimum absolute atomic E-state index is 0.173. The number of para-hydroxylation sites is 3. The minimum Gasteiger partial charge on any atom is -0.469 e. The number of rotatable bonds is 5. The molecule has 0 bridgehead atoms. The van der Waals surface area contributed by atoms with E-state index < -0.39 is 10.8 Å².